The van der Waals surface area contributed by atoms with Gasteiger partial charge in [0.05, 0.1) is 0 Å². The molecule has 10 heavy (non-hydrogen) atoms. The van der Waals surface area contributed by atoms with Gasteiger partial charge in [0.2, 0.25) is 0 Å². The van der Waals surface area contributed by atoms with Gasteiger partial charge in [0.15, 0.2) is 18.6 Å². The lowest BCUT2D eigenvalue weighted by atomic mass is 10.3. The quantitative estimate of drug-likeness (QED) is 0.515. The van der Waals surface area contributed by atoms with Gasteiger partial charge in [-0.3, -0.25) is 0 Å². The van der Waals surface area contributed by atoms with Crippen molar-refractivity contribution in [3.8, 4) is 0 Å². The molecule has 1 heterocycles. The summed E-state index contributed by atoms with van der Waals surface area (Å²) in [6.45, 7) is 4.09. The van der Waals surface area contributed by atoms with Crippen molar-refractivity contribution in [2.24, 2.45) is 0 Å². The highest BCUT2D eigenvalue weighted by Gasteiger charge is 1.89. The van der Waals surface area contributed by atoms with Crippen LogP contribution in [-0.2, 0) is 0 Å². The van der Waals surface area contributed by atoms with Gasteiger partial charge >= 0.3 is 0 Å². The maximum absolute atomic E-state index is 2.08. The first kappa shape index (κ1) is 7.00. The lowest BCUT2D eigenvalue weighted by Gasteiger charge is -1.86. The molecule has 1 heteroatoms. The van der Waals surface area contributed by atoms with E-state index in [9.17, 15) is 0 Å². The number of pyridine rings is 1. The molecule has 0 aromatic carbocycles. The second kappa shape index (κ2) is 3.16. The number of aromatic nitrogens is 1. The SMILES string of the molecule is CC=C[n+]1ccc(C)cc1. The summed E-state index contributed by atoms with van der Waals surface area (Å²) in [4.78, 5) is 0. The molecular weight excluding hydrogens is 122 g/mol. The second-order valence-corrected chi connectivity index (χ2v) is 2.31. The number of hydrogen-bond acceptors (Lipinski definition) is 0. The van der Waals surface area contributed by atoms with Crippen molar-refractivity contribution in [2.75, 3.05) is 0 Å². The van der Waals surface area contributed by atoms with Crippen LogP contribution < -0.4 is 4.57 Å². The maximum Gasteiger partial charge on any atom is 0.174 e. The third-order valence-electron chi connectivity index (χ3n) is 1.34. The highest BCUT2D eigenvalue weighted by atomic mass is 14.9. The molecular formula is C9H12N+. The molecule has 1 aromatic rings. The van der Waals surface area contributed by atoms with E-state index in [0.29, 0.717) is 0 Å². The zero-order valence-electron chi connectivity index (χ0n) is 6.41. The third kappa shape index (κ3) is 1.69. The average molecular weight is 134 g/mol. The Labute approximate surface area is 61.6 Å². The van der Waals surface area contributed by atoms with E-state index in [1.807, 2.05) is 36.2 Å². The molecule has 0 fully saturated rings. The van der Waals surface area contributed by atoms with Crippen LogP contribution in [0.3, 0.4) is 0 Å². The Bertz CT molecular complexity index is 221. The standard InChI is InChI=1S/C9H12N/c1-3-6-10-7-4-9(2)5-8-10/h3-8H,1-2H3/q+1. The predicted octanol–water partition coefficient (Wildman–Crippen LogP) is 1.77. The lowest BCUT2D eigenvalue weighted by molar-refractivity contribution is -0.568. The van der Waals surface area contributed by atoms with Gasteiger partial charge in [-0.25, -0.2) is 0 Å². The van der Waals surface area contributed by atoms with Crippen molar-refractivity contribution in [1.82, 2.24) is 0 Å². The fraction of sp³-hybridized carbons (Fsp3) is 0.222. The van der Waals surface area contributed by atoms with E-state index in [2.05, 4.69) is 19.1 Å². The highest BCUT2D eigenvalue weighted by Crippen LogP contribution is 1.89. The fourth-order valence-corrected chi connectivity index (χ4v) is 0.784. The molecule has 0 spiro atoms. The molecule has 0 amide bonds. The van der Waals surface area contributed by atoms with Crippen LogP contribution in [0.15, 0.2) is 30.6 Å². The first-order valence-electron chi connectivity index (χ1n) is 3.43. The Morgan fingerprint density at radius 3 is 2.40 bits per heavy atom. The summed E-state index contributed by atoms with van der Waals surface area (Å²) in [5, 5.41) is 0. The molecule has 52 valence electrons. The van der Waals surface area contributed by atoms with Gasteiger partial charge in [-0.15, -0.1) is 0 Å². The molecule has 0 saturated carbocycles. The van der Waals surface area contributed by atoms with Crippen molar-refractivity contribution < 1.29 is 4.57 Å². The molecule has 0 aliphatic carbocycles. The smallest absolute Gasteiger partial charge is 0.174 e. The molecule has 1 aromatic heterocycles. The number of hydrogen-bond donors (Lipinski definition) is 0. The normalized spacial score (nSPS) is 10.6. The van der Waals surface area contributed by atoms with Crippen molar-refractivity contribution in [2.45, 2.75) is 13.8 Å². The van der Waals surface area contributed by atoms with Crippen LogP contribution >= 0.6 is 0 Å². The Balaban J connectivity index is 2.89. The summed E-state index contributed by atoms with van der Waals surface area (Å²) in [6, 6.07) is 4.17. The molecule has 1 rings (SSSR count). The molecule has 0 bridgehead atoms. The van der Waals surface area contributed by atoms with Crippen LogP contribution in [0.5, 0.6) is 0 Å². The van der Waals surface area contributed by atoms with E-state index in [-0.39, 0.29) is 0 Å². The topological polar surface area (TPSA) is 3.88 Å². The van der Waals surface area contributed by atoms with Crippen molar-refractivity contribution >= 4 is 6.20 Å². The summed E-state index contributed by atoms with van der Waals surface area (Å²) in [5.74, 6) is 0. The van der Waals surface area contributed by atoms with Gasteiger partial charge in [-0.2, -0.15) is 4.57 Å². The zero-order valence-corrected chi connectivity index (χ0v) is 6.41. The minimum absolute atomic E-state index is 1.29. The zero-order chi connectivity index (χ0) is 7.40. The first-order chi connectivity index (χ1) is 4.83. The summed E-state index contributed by atoms with van der Waals surface area (Å²) in [7, 11) is 0. The van der Waals surface area contributed by atoms with Crippen LogP contribution in [0, 0.1) is 6.92 Å². The van der Waals surface area contributed by atoms with Gasteiger partial charge < -0.3 is 0 Å². The van der Waals surface area contributed by atoms with E-state index >= 15 is 0 Å². The number of nitrogens with zero attached hydrogens (tertiary/aromatic N) is 1. The average Bonchev–Trinajstić information content (AvgIpc) is 1.95. The third-order valence-corrected chi connectivity index (χ3v) is 1.34. The summed E-state index contributed by atoms with van der Waals surface area (Å²) in [5.41, 5.74) is 1.29. The maximum atomic E-state index is 2.08. The molecule has 0 N–H and O–H groups in total. The largest absolute Gasteiger partial charge is 0.174 e. The van der Waals surface area contributed by atoms with Gasteiger partial charge in [0.25, 0.3) is 0 Å². The molecule has 0 saturated heterocycles. The Kier molecular flexibility index (Phi) is 2.21. The number of rotatable bonds is 1. The van der Waals surface area contributed by atoms with E-state index in [1.54, 1.807) is 0 Å². The van der Waals surface area contributed by atoms with E-state index in [1.165, 1.54) is 5.56 Å². The monoisotopic (exact) mass is 134 g/mol. The number of allylic oxidation sites excluding steroid dienone is 1. The van der Waals surface area contributed by atoms with Crippen LogP contribution in [-0.4, -0.2) is 0 Å². The van der Waals surface area contributed by atoms with Gasteiger partial charge in [0, 0.05) is 12.1 Å². The van der Waals surface area contributed by atoms with E-state index in [4.69, 9.17) is 0 Å². The van der Waals surface area contributed by atoms with E-state index < -0.39 is 0 Å². The molecule has 0 unspecified atom stereocenters. The van der Waals surface area contributed by atoms with Crippen molar-refractivity contribution in [3.05, 3.63) is 36.2 Å². The van der Waals surface area contributed by atoms with Crippen LogP contribution in [0.2, 0.25) is 0 Å². The van der Waals surface area contributed by atoms with Crippen LogP contribution in [0.4, 0.5) is 0 Å². The Morgan fingerprint density at radius 2 is 1.90 bits per heavy atom. The van der Waals surface area contributed by atoms with Gasteiger partial charge in [-0.05, 0) is 25.5 Å². The minimum Gasteiger partial charge on any atom is -0.174 e. The summed E-state index contributed by atoms with van der Waals surface area (Å²) in [6.07, 6.45) is 8.10. The minimum atomic E-state index is 1.29. The first-order valence-corrected chi connectivity index (χ1v) is 3.43. The second-order valence-electron chi connectivity index (χ2n) is 2.31. The molecule has 0 aliphatic rings. The predicted molar refractivity (Wildman–Crippen MR) is 42.4 cm³/mol. The Hall–Kier alpha value is -1.11. The van der Waals surface area contributed by atoms with Crippen LogP contribution in [0.1, 0.15) is 12.5 Å². The van der Waals surface area contributed by atoms with Gasteiger partial charge in [-0.1, -0.05) is 0 Å². The van der Waals surface area contributed by atoms with Gasteiger partial charge in [0.1, 0.15) is 0 Å². The highest BCUT2D eigenvalue weighted by molar-refractivity contribution is 5.08. The summed E-state index contributed by atoms with van der Waals surface area (Å²) < 4.78 is 2.02. The van der Waals surface area contributed by atoms with Crippen molar-refractivity contribution in [3.63, 3.8) is 0 Å². The molecule has 0 atom stereocenters. The van der Waals surface area contributed by atoms with Crippen molar-refractivity contribution in [1.29, 1.82) is 0 Å². The van der Waals surface area contributed by atoms with E-state index in [0.717, 1.165) is 0 Å². The fourth-order valence-electron chi connectivity index (χ4n) is 0.784. The van der Waals surface area contributed by atoms with Crippen LogP contribution in [0.25, 0.3) is 6.20 Å². The molecule has 1 nitrogen and oxygen atoms in total. The number of aryl methyl sites for hydroxylation is 1. The lowest BCUT2D eigenvalue weighted by Crippen LogP contribution is -2.23. The molecule has 0 aliphatic heterocycles. The Morgan fingerprint density at radius 1 is 1.30 bits per heavy atom. The molecule has 0 radical (unpaired) electrons. The summed E-state index contributed by atoms with van der Waals surface area (Å²) >= 11 is 0.